The number of ether oxygens (including phenoxy) is 2. The summed E-state index contributed by atoms with van der Waals surface area (Å²) in [4.78, 5) is 10.6. The van der Waals surface area contributed by atoms with Gasteiger partial charge in [0.1, 0.15) is 0 Å². The molecule has 2 rings (SSSR count). The summed E-state index contributed by atoms with van der Waals surface area (Å²) in [5.74, 6) is 0.174. The minimum atomic E-state index is -1.00. The first-order valence-electron chi connectivity index (χ1n) is 7.05. The van der Waals surface area contributed by atoms with Gasteiger partial charge in [-0.05, 0) is 29.3 Å². The van der Waals surface area contributed by atoms with Crippen molar-refractivity contribution >= 4 is 28.0 Å². The van der Waals surface area contributed by atoms with Gasteiger partial charge in [0.2, 0.25) is 0 Å². The lowest BCUT2D eigenvalue weighted by molar-refractivity contribution is -0.131. The van der Waals surface area contributed by atoms with Crippen LogP contribution in [0.25, 0.3) is 6.08 Å². The maximum atomic E-state index is 10.6. The number of benzene rings is 2. The molecule has 2 aromatic carbocycles. The molecule has 0 unspecified atom stereocenters. The number of carboxylic acids is 1. The molecule has 0 aliphatic rings. The third-order valence-electron chi connectivity index (χ3n) is 3.18. The van der Waals surface area contributed by atoms with E-state index in [1.54, 1.807) is 19.2 Å². The fourth-order valence-electron chi connectivity index (χ4n) is 2.04. The van der Waals surface area contributed by atoms with Crippen LogP contribution in [-0.4, -0.2) is 24.8 Å². The number of hydrogen-bond donors (Lipinski definition) is 1. The number of halogens is 1. The molecule has 0 amide bonds. The van der Waals surface area contributed by atoms with E-state index < -0.39 is 5.97 Å². The van der Waals surface area contributed by atoms with E-state index in [9.17, 15) is 4.79 Å². The van der Waals surface area contributed by atoms with Gasteiger partial charge in [0.25, 0.3) is 0 Å². The summed E-state index contributed by atoms with van der Waals surface area (Å²) >= 11 is 3.42. The lowest BCUT2D eigenvalue weighted by Gasteiger charge is -2.13. The van der Waals surface area contributed by atoms with Crippen molar-refractivity contribution in [1.29, 1.82) is 0 Å². The minimum Gasteiger partial charge on any atom is -0.493 e. The van der Waals surface area contributed by atoms with Crippen LogP contribution in [-0.2, 0) is 11.2 Å². The van der Waals surface area contributed by atoms with Gasteiger partial charge in [-0.1, -0.05) is 46.3 Å². The molecule has 2 aromatic rings. The van der Waals surface area contributed by atoms with Crippen LogP contribution in [0, 0.1) is 0 Å². The molecular weight excluding hydrogens is 360 g/mol. The van der Waals surface area contributed by atoms with Crippen LogP contribution in [0.15, 0.2) is 53.0 Å². The molecule has 120 valence electrons. The number of carboxylic acid groups (broad SMARTS) is 1. The maximum absolute atomic E-state index is 10.6. The first-order valence-corrected chi connectivity index (χ1v) is 7.84. The van der Waals surface area contributed by atoms with Crippen molar-refractivity contribution in [2.24, 2.45) is 0 Å². The van der Waals surface area contributed by atoms with E-state index in [-0.39, 0.29) is 0 Å². The zero-order valence-corrected chi connectivity index (χ0v) is 14.2. The van der Waals surface area contributed by atoms with Crippen molar-refractivity contribution < 1.29 is 19.4 Å². The van der Waals surface area contributed by atoms with Crippen molar-refractivity contribution in [2.75, 3.05) is 13.7 Å². The molecule has 0 aromatic heterocycles. The van der Waals surface area contributed by atoms with Gasteiger partial charge in [0.15, 0.2) is 11.5 Å². The predicted molar refractivity (Wildman–Crippen MR) is 93.0 cm³/mol. The van der Waals surface area contributed by atoms with Crippen LogP contribution in [0.5, 0.6) is 11.5 Å². The molecule has 0 bridgehead atoms. The summed E-state index contributed by atoms with van der Waals surface area (Å²) in [6, 6.07) is 13.6. The standard InChI is InChI=1S/C18H17BrO4/c1-22-16-11-14(7-8-18(20)21)15(19)12-17(16)23-10-9-13-5-3-2-4-6-13/h2-8,11-12H,9-10H2,1H3,(H,20,21). The minimum absolute atomic E-state index is 0.525. The third-order valence-corrected chi connectivity index (χ3v) is 3.87. The molecule has 0 atom stereocenters. The highest BCUT2D eigenvalue weighted by Gasteiger charge is 2.09. The summed E-state index contributed by atoms with van der Waals surface area (Å²) in [6.45, 7) is 0.525. The van der Waals surface area contributed by atoms with Crippen molar-refractivity contribution in [3.05, 3.63) is 64.1 Å². The zero-order valence-electron chi connectivity index (χ0n) is 12.7. The lowest BCUT2D eigenvalue weighted by atomic mass is 10.1. The number of aliphatic carboxylic acids is 1. The number of methoxy groups -OCH3 is 1. The smallest absolute Gasteiger partial charge is 0.328 e. The zero-order chi connectivity index (χ0) is 16.7. The van der Waals surface area contributed by atoms with Gasteiger partial charge >= 0.3 is 5.97 Å². The molecule has 0 fully saturated rings. The van der Waals surface area contributed by atoms with E-state index in [1.807, 2.05) is 18.2 Å². The molecule has 0 radical (unpaired) electrons. The van der Waals surface area contributed by atoms with E-state index in [4.69, 9.17) is 14.6 Å². The fourth-order valence-corrected chi connectivity index (χ4v) is 2.49. The Morgan fingerprint density at radius 1 is 1.22 bits per heavy atom. The number of rotatable bonds is 7. The lowest BCUT2D eigenvalue weighted by Crippen LogP contribution is -2.03. The molecule has 0 saturated heterocycles. The second kappa shape index (κ2) is 8.39. The molecule has 0 spiro atoms. The second-order valence-corrected chi connectivity index (χ2v) is 5.63. The summed E-state index contributed by atoms with van der Waals surface area (Å²) in [5.41, 5.74) is 1.91. The molecule has 0 heterocycles. The van der Waals surface area contributed by atoms with Crippen LogP contribution < -0.4 is 9.47 Å². The van der Waals surface area contributed by atoms with Crippen LogP contribution in [0.2, 0.25) is 0 Å². The first kappa shape index (κ1) is 17.1. The summed E-state index contributed by atoms with van der Waals surface area (Å²) in [6.07, 6.45) is 3.38. The topological polar surface area (TPSA) is 55.8 Å². The van der Waals surface area contributed by atoms with Crippen molar-refractivity contribution in [3.8, 4) is 11.5 Å². The summed E-state index contributed by atoms with van der Waals surface area (Å²) < 4.78 is 11.9. The van der Waals surface area contributed by atoms with E-state index in [1.165, 1.54) is 11.6 Å². The van der Waals surface area contributed by atoms with Crippen molar-refractivity contribution in [2.45, 2.75) is 6.42 Å². The Hall–Kier alpha value is -2.27. The number of hydrogen-bond acceptors (Lipinski definition) is 3. The Morgan fingerprint density at radius 3 is 2.61 bits per heavy atom. The molecule has 4 nitrogen and oxygen atoms in total. The van der Waals surface area contributed by atoms with E-state index >= 15 is 0 Å². The van der Waals surface area contributed by atoms with Crippen LogP contribution in [0.3, 0.4) is 0 Å². The first-order chi connectivity index (χ1) is 11.1. The monoisotopic (exact) mass is 376 g/mol. The molecule has 0 aliphatic heterocycles. The van der Waals surface area contributed by atoms with Gasteiger partial charge in [-0.15, -0.1) is 0 Å². The third kappa shape index (κ3) is 5.14. The second-order valence-electron chi connectivity index (χ2n) is 4.78. The van der Waals surface area contributed by atoms with Gasteiger partial charge in [-0.2, -0.15) is 0 Å². The average Bonchev–Trinajstić information content (AvgIpc) is 2.55. The Bertz CT molecular complexity index is 696. The Labute approximate surface area is 143 Å². The Kier molecular flexibility index (Phi) is 6.23. The Morgan fingerprint density at radius 2 is 1.96 bits per heavy atom. The predicted octanol–water partition coefficient (Wildman–Crippen LogP) is 4.18. The van der Waals surface area contributed by atoms with E-state index in [0.29, 0.717) is 23.7 Å². The molecule has 0 saturated carbocycles. The summed E-state index contributed by atoms with van der Waals surface area (Å²) in [7, 11) is 1.55. The highest BCUT2D eigenvalue weighted by molar-refractivity contribution is 9.10. The van der Waals surface area contributed by atoms with Crippen molar-refractivity contribution in [3.63, 3.8) is 0 Å². The van der Waals surface area contributed by atoms with Gasteiger partial charge in [-0.3, -0.25) is 0 Å². The van der Waals surface area contributed by atoms with Gasteiger partial charge in [0.05, 0.1) is 13.7 Å². The highest BCUT2D eigenvalue weighted by Crippen LogP contribution is 2.34. The molecule has 0 aliphatic carbocycles. The van der Waals surface area contributed by atoms with Crippen molar-refractivity contribution in [1.82, 2.24) is 0 Å². The average molecular weight is 377 g/mol. The van der Waals surface area contributed by atoms with Gasteiger partial charge < -0.3 is 14.6 Å². The normalized spacial score (nSPS) is 10.7. The maximum Gasteiger partial charge on any atom is 0.328 e. The SMILES string of the molecule is COc1cc(C=CC(=O)O)c(Br)cc1OCCc1ccccc1. The molecular formula is C18H17BrO4. The van der Waals surface area contributed by atoms with Crippen LogP contribution in [0.1, 0.15) is 11.1 Å². The van der Waals surface area contributed by atoms with E-state index in [0.717, 1.165) is 17.0 Å². The quantitative estimate of drug-likeness (QED) is 0.736. The van der Waals surface area contributed by atoms with E-state index in [2.05, 4.69) is 28.1 Å². The summed E-state index contributed by atoms with van der Waals surface area (Å²) in [5, 5.41) is 8.71. The van der Waals surface area contributed by atoms with Crippen LogP contribution >= 0.6 is 15.9 Å². The van der Waals surface area contributed by atoms with Gasteiger partial charge in [0, 0.05) is 17.0 Å². The Balaban J connectivity index is 2.09. The molecule has 23 heavy (non-hydrogen) atoms. The number of carbonyl (C=O) groups is 1. The molecule has 1 N–H and O–H groups in total. The largest absolute Gasteiger partial charge is 0.493 e. The van der Waals surface area contributed by atoms with Gasteiger partial charge in [-0.25, -0.2) is 4.79 Å². The fraction of sp³-hybridized carbons (Fsp3) is 0.167. The molecule has 5 heteroatoms. The highest BCUT2D eigenvalue weighted by atomic mass is 79.9. The van der Waals surface area contributed by atoms with Crippen LogP contribution in [0.4, 0.5) is 0 Å².